The average molecular weight is 205 g/mol. The van der Waals surface area contributed by atoms with E-state index in [0.29, 0.717) is 0 Å². The lowest BCUT2D eigenvalue weighted by atomic mass is 10.2. The Bertz CT molecular complexity index is 403. The molecular formula is C10H15N5. The average Bonchev–Trinajstić information content (AvgIpc) is 2.85. The molecule has 2 N–H and O–H groups in total. The van der Waals surface area contributed by atoms with Gasteiger partial charge in [0.2, 0.25) is 0 Å². The minimum absolute atomic E-state index is 0.0474. The van der Waals surface area contributed by atoms with Crippen molar-refractivity contribution in [3.8, 4) is 0 Å². The van der Waals surface area contributed by atoms with Gasteiger partial charge in [0.05, 0.1) is 5.69 Å². The molecule has 0 aliphatic heterocycles. The van der Waals surface area contributed by atoms with Crippen LogP contribution in [0.5, 0.6) is 0 Å². The van der Waals surface area contributed by atoms with Crippen LogP contribution < -0.4 is 5.32 Å². The van der Waals surface area contributed by atoms with Gasteiger partial charge in [0.25, 0.3) is 0 Å². The van der Waals surface area contributed by atoms with Crippen molar-refractivity contribution in [1.29, 1.82) is 0 Å². The van der Waals surface area contributed by atoms with E-state index in [-0.39, 0.29) is 6.04 Å². The molecule has 1 atom stereocenters. The van der Waals surface area contributed by atoms with E-state index < -0.39 is 0 Å². The SMILES string of the molecule is CCNC(c1ccn(C)n1)c1ncc[nH]1. The predicted octanol–water partition coefficient (Wildman–Crippen LogP) is 0.842. The van der Waals surface area contributed by atoms with Gasteiger partial charge >= 0.3 is 0 Å². The molecule has 0 aliphatic rings. The lowest BCUT2D eigenvalue weighted by Gasteiger charge is -2.12. The molecular weight excluding hydrogens is 190 g/mol. The summed E-state index contributed by atoms with van der Waals surface area (Å²) in [6, 6.07) is 2.04. The number of rotatable bonds is 4. The number of aromatic nitrogens is 4. The van der Waals surface area contributed by atoms with Gasteiger partial charge < -0.3 is 10.3 Å². The van der Waals surface area contributed by atoms with Crippen LogP contribution in [0.15, 0.2) is 24.7 Å². The van der Waals surface area contributed by atoms with E-state index in [2.05, 4.69) is 27.3 Å². The van der Waals surface area contributed by atoms with Gasteiger partial charge in [0.1, 0.15) is 11.9 Å². The quantitative estimate of drug-likeness (QED) is 0.777. The first-order valence-corrected chi connectivity index (χ1v) is 5.03. The zero-order valence-electron chi connectivity index (χ0n) is 8.94. The van der Waals surface area contributed by atoms with E-state index in [9.17, 15) is 0 Å². The molecule has 2 aromatic rings. The zero-order chi connectivity index (χ0) is 10.7. The molecule has 0 amide bonds. The van der Waals surface area contributed by atoms with Crippen molar-refractivity contribution in [3.63, 3.8) is 0 Å². The highest BCUT2D eigenvalue weighted by Crippen LogP contribution is 2.15. The first-order chi connectivity index (χ1) is 7.31. The number of nitrogens with one attached hydrogen (secondary N) is 2. The molecule has 2 aromatic heterocycles. The molecule has 0 aromatic carbocycles. The van der Waals surface area contributed by atoms with Crippen LogP contribution in [0, 0.1) is 0 Å². The summed E-state index contributed by atoms with van der Waals surface area (Å²) in [7, 11) is 1.91. The Balaban J connectivity index is 2.27. The van der Waals surface area contributed by atoms with Crippen molar-refractivity contribution < 1.29 is 0 Å². The molecule has 80 valence electrons. The number of H-pyrrole nitrogens is 1. The molecule has 0 radical (unpaired) electrons. The fourth-order valence-electron chi connectivity index (χ4n) is 1.57. The maximum absolute atomic E-state index is 4.38. The molecule has 5 heteroatoms. The number of hydrogen-bond acceptors (Lipinski definition) is 3. The number of hydrogen-bond donors (Lipinski definition) is 2. The fraction of sp³-hybridized carbons (Fsp3) is 0.400. The van der Waals surface area contributed by atoms with Crippen molar-refractivity contribution in [1.82, 2.24) is 25.1 Å². The van der Waals surface area contributed by atoms with Crippen molar-refractivity contribution >= 4 is 0 Å². The molecule has 0 saturated heterocycles. The fourth-order valence-corrected chi connectivity index (χ4v) is 1.57. The maximum Gasteiger partial charge on any atom is 0.129 e. The van der Waals surface area contributed by atoms with Crippen LogP contribution in [0.1, 0.15) is 24.5 Å². The third-order valence-electron chi connectivity index (χ3n) is 2.23. The first kappa shape index (κ1) is 9.92. The highest BCUT2D eigenvalue weighted by Gasteiger charge is 2.17. The molecule has 1 unspecified atom stereocenters. The Labute approximate surface area is 88.5 Å². The molecule has 5 nitrogen and oxygen atoms in total. The largest absolute Gasteiger partial charge is 0.347 e. The number of aromatic amines is 1. The van der Waals surface area contributed by atoms with Crippen LogP contribution in [0.4, 0.5) is 0 Å². The van der Waals surface area contributed by atoms with E-state index in [4.69, 9.17) is 0 Å². The molecule has 0 aliphatic carbocycles. The van der Waals surface area contributed by atoms with Gasteiger partial charge in [-0.05, 0) is 12.6 Å². The summed E-state index contributed by atoms with van der Waals surface area (Å²) in [5.74, 6) is 0.899. The van der Waals surface area contributed by atoms with Crippen LogP contribution in [0.2, 0.25) is 0 Å². The molecule has 15 heavy (non-hydrogen) atoms. The Kier molecular flexibility index (Phi) is 2.82. The van der Waals surface area contributed by atoms with Crippen LogP contribution >= 0.6 is 0 Å². The van der Waals surface area contributed by atoms with E-state index in [1.807, 2.05) is 25.5 Å². The Hall–Kier alpha value is -1.62. The molecule has 0 saturated carbocycles. The third-order valence-corrected chi connectivity index (χ3v) is 2.23. The molecule has 0 fully saturated rings. The van der Waals surface area contributed by atoms with Gasteiger partial charge in [-0.1, -0.05) is 6.92 Å². The Morgan fingerprint density at radius 1 is 1.60 bits per heavy atom. The highest BCUT2D eigenvalue weighted by atomic mass is 15.3. The van der Waals surface area contributed by atoms with Crippen molar-refractivity contribution in [2.24, 2.45) is 7.05 Å². The summed E-state index contributed by atoms with van der Waals surface area (Å²) < 4.78 is 1.79. The Morgan fingerprint density at radius 3 is 3.00 bits per heavy atom. The summed E-state index contributed by atoms with van der Waals surface area (Å²) in [6.07, 6.45) is 5.51. The minimum Gasteiger partial charge on any atom is -0.347 e. The van der Waals surface area contributed by atoms with E-state index in [1.54, 1.807) is 10.9 Å². The van der Waals surface area contributed by atoms with Crippen molar-refractivity contribution in [3.05, 3.63) is 36.2 Å². The van der Waals surface area contributed by atoms with Crippen molar-refractivity contribution in [2.75, 3.05) is 6.54 Å². The standard InChI is InChI=1S/C10H15N5/c1-3-11-9(10-12-5-6-13-10)8-4-7-15(2)14-8/h4-7,9,11H,3H2,1-2H3,(H,12,13). The second-order valence-electron chi connectivity index (χ2n) is 3.38. The maximum atomic E-state index is 4.38. The first-order valence-electron chi connectivity index (χ1n) is 5.03. The molecule has 2 rings (SSSR count). The zero-order valence-corrected chi connectivity index (χ0v) is 8.94. The normalized spacial score (nSPS) is 12.9. The van der Waals surface area contributed by atoms with Gasteiger partial charge in [0, 0.05) is 25.6 Å². The molecule has 0 spiro atoms. The van der Waals surface area contributed by atoms with Gasteiger partial charge in [-0.25, -0.2) is 4.98 Å². The third kappa shape index (κ3) is 2.07. The van der Waals surface area contributed by atoms with E-state index in [1.165, 1.54) is 0 Å². The van der Waals surface area contributed by atoms with Crippen molar-refractivity contribution in [2.45, 2.75) is 13.0 Å². The Morgan fingerprint density at radius 2 is 2.47 bits per heavy atom. The van der Waals surface area contributed by atoms with Gasteiger partial charge in [-0.15, -0.1) is 0 Å². The van der Waals surface area contributed by atoms with Gasteiger partial charge in [-0.3, -0.25) is 4.68 Å². The van der Waals surface area contributed by atoms with Crippen LogP contribution in [-0.4, -0.2) is 26.3 Å². The summed E-state index contributed by atoms with van der Waals surface area (Å²) in [5, 5.41) is 7.72. The van der Waals surface area contributed by atoms with Crippen LogP contribution in [-0.2, 0) is 7.05 Å². The smallest absolute Gasteiger partial charge is 0.129 e. The van der Waals surface area contributed by atoms with E-state index in [0.717, 1.165) is 18.1 Å². The molecule has 2 heterocycles. The predicted molar refractivity (Wildman–Crippen MR) is 57.3 cm³/mol. The number of imidazole rings is 1. The number of aryl methyl sites for hydroxylation is 1. The van der Waals surface area contributed by atoms with Crippen LogP contribution in [0.3, 0.4) is 0 Å². The minimum atomic E-state index is 0.0474. The van der Waals surface area contributed by atoms with E-state index >= 15 is 0 Å². The second kappa shape index (κ2) is 4.27. The second-order valence-corrected chi connectivity index (χ2v) is 3.38. The highest BCUT2D eigenvalue weighted by molar-refractivity contribution is 5.15. The topological polar surface area (TPSA) is 58.5 Å². The van der Waals surface area contributed by atoms with Gasteiger partial charge in [0.15, 0.2) is 0 Å². The van der Waals surface area contributed by atoms with Crippen LogP contribution in [0.25, 0.3) is 0 Å². The molecule has 0 bridgehead atoms. The summed E-state index contributed by atoms with van der Waals surface area (Å²) in [5.41, 5.74) is 0.981. The lowest BCUT2D eigenvalue weighted by molar-refractivity contribution is 0.577. The summed E-state index contributed by atoms with van der Waals surface area (Å²) >= 11 is 0. The lowest BCUT2D eigenvalue weighted by Crippen LogP contribution is -2.23. The summed E-state index contributed by atoms with van der Waals surface area (Å²) in [4.78, 5) is 7.36. The number of nitrogens with zero attached hydrogens (tertiary/aromatic N) is 3. The monoisotopic (exact) mass is 205 g/mol. The summed E-state index contributed by atoms with van der Waals surface area (Å²) in [6.45, 7) is 2.95. The van der Waals surface area contributed by atoms with Gasteiger partial charge in [-0.2, -0.15) is 5.10 Å².